The lowest BCUT2D eigenvalue weighted by Gasteiger charge is -2.29. The van der Waals surface area contributed by atoms with Gasteiger partial charge in [0.2, 0.25) is 0 Å². The number of aromatic nitrogens is 1. The van der Waals surface area contributed by atoms with Crippen molar-refractivity contribution in [2.45, 2.75) is 24.8 Å². The third-order valence-electron chi connectivity index (χ3n) is 4.93. The Morgan fingerprint density at radius 1 is 1.44 bits per heavy atom. The molecule has 1 saturated heterocycles. The molecule has 146 valence electrons. The molecule has 0 unspecified atom stereocenters. The van der Waals surface area contributed by atoms with Crippen molar-refractivity contribution in [2.24, 2.45) is 5.41 Å². The van der Waals surface area contributed by atoms with Gasteiger partial charge < -0.3 is 19.1 Å². The molecule has 0 N–H and O–H groups in total. The van der Waals surface area contributed by atoms with Crippen molar-refractivity contribution < 1.29 is 14.1 Å². The highest BCUT2D eigenvalue weighted by Gasteiger charge is 2.34. The molecule has 1 aliphatic rings. The summed E-state index contributed by atoms with van der Waals surface area (Å²) in [6, 6.07) is 9.50. The molecule has 1 aromatic carbocycles. The van der Waals surface area contributed by atoms with Crippen LogP contribution >= 0.6 is 11.8 Å². The molecule has 6 nitrogen and oxygen atoms in total. The maximum absolute atomic E-state index is 12.7. The zero-order chi connectivity index (χ0) is 19.4. The number of hydrogen-bond donors (Lipinski definition) is 0. The summed E-state index contributed by atoms with van der Waals surface area (Å²) in [5.41, 5.74) is 0.445. The second-order valence-electron chi connectivity index (χ2n) is 7.58. The third kappa shape index (κ3) is 4.84. The van der Waals surface area contributed by atoms with Crippen molar-refractivity contribution in [1.29, 1.82) is 0 Å². The van der Waals surface area contributed by atoms with E-state index in [9.17, 15) is 4.79 Å². The summed E-state index contributed by atoms with van der Waals surface area (Å²) < 4.78 is 11.1. The van der Waals surface area contributed by atoms with Crippen LogP contribution in [0.25, 0.3) is 0 Å². The van der Waals surface area contributed by atoms with Crippen molar-refractivity contribution >= 4 is 17.7 Å². The first-order chi connectivity index (χ1) is 12.9. The first-order valence-electron chi connectivity index (χ1n) is 9.06. The number of likely N-dealkylation sites (tertiary alicyclic amines) is 1. The fourth-order valence-corrected chi connectivity index (χ4v) is 4.15. The van der Waals surface area contributed by atoms with E-state index in [2.05, 4.69) is 24.0 Å². The van der Waals surface area contributed by atoms with Gasteiger partial charge in [-0.15, -0.1) is 11.8 Å². The highest BCUT2D eigenvalue weighted by Crippen LogP contribution is 2.30. The third-order valence-corrected chi connectivity index (χ3v) is 5.71. The van der Waals surface area contributed by atoms with Gasteiger partial charge in [0.1, 0.15) is 12.4 Å². The van der Waals surface area contributed by atoms with Gasteiger partial charge in [0, 0.05) is 31.1 Å². The second kappa shape index (κ2) is 8.35. The normalized spacial score (nSPS) is 20.0. The number of carbonyl (C=O) groups excluding carboxylic acids is 1. The molecule has 0 spiro atoms. The van der Waals surface area contributed by atoms with Crippen LogP contribution in [0.5, 0.6) is 5.75 Å². The number of rotatable bonds is 7. The maximum atomic E-state index is 12.7. The van der Waals surface area contributed by atoms with Crippen LogP contribution in [0, 0.1) is 5.41 Å². The molecule has 1 amide bonds. The highest BCUT2D eigenvalue weighted by molar-refractivity contribution is 7.98. The summed E-state index contributed by atoms with van der Waals surface area (Å²) in [4.78, 5) is 17.8. The van der Waals surface area contributed by atoms with E-state index in [1.807, 2.05) is 37.6 Å². The molecule has 0 saturated carbocycles. The minimum Gasteiger partial charge on any atom is -0.484 e. The first kappa shape index (κ1) is 19.8. The predicted octanol–water partition coefficient (Wildman–Crippen LogP) is 3.39. The largest absolute Gasteiger partial charge is 0.484 e. The molecule has 27 heavy (non-hydrogen) atoms. The Morgan fingerprint density at radius 2 is 2.22 bits per heavy atom. The molecule has 1 fully saturated rings. The van der Waals surface area contributed by atoms with Gasteiger partial charge in [-0.2, -0.15) is 0 Å². The molecule has 1 atom stereocenters. The fraction of sp³-hybridized carbons (Fsp3) is 0.500. The highest BCUT2D eigenvalue weighted by atomic mass is 32.2. The van der Waals surface area contributed by atoms with Gasteiger partial charge in [0.05, 0.1) is 0 Å². The van der Waals surface area contributed by atoms with E-state index in [0.29, 0.717) is 18.0 Å². The average Bonchev–Trinajstić information content (AvgIpc) is 3.26. The van der Waals surface area contributed by atoms with Crippen LogP contribution in [0.3, 0.4) is 0 Å². The van der Waals surface area contributed by atoms with Gasteiger partial charge in [-0.25, -0.2) is 0 Å². The average molecular weight is 390 g/mol. The van der Waals surface area contributed by atoms with E-state index in [1.54, 1.807) is 22.7 Å². The monoisotopic (exact) mass is 389 g/mol. The summed E-state index contributed by atoms with van der Waals surface area (Å²) in [5, 5.41) is 3.94. The van der Waals surface area contributed by atoms with E-state index in [4.69, 9.17) is 9.26 Å². The predicted molar refractivity (Wildman–Crippen MR) is 106 cm³/mol. The maximum Gasteiger partial charge on any atom is 0.275 e. The van der Waals surface area contributed by atoms with Crippen LogP contribution in [0.15, 0.2) is 39.8 Å². The molecule has 1 aromatic heterocycles. The number of thioether (sulfide) groups is 1. The molecule has 2 heterocycles. The Bertz CT molecular complexity index is 794. The van der Waals surface area contributed by atoms with Crippen LogP contribution in [0.2, 0.25) is 0 Å². The molecule has 0 bridgehead atoms. The smallest absolute Gasteiger partial charge is 0.275 e. The van der Waals surface area contributed by atoms with Crippen molar-refractivity contribution in [3.05, 3.63) is 41.8 Å². The van der Waals surface area contributed by atoms with E-state index in [1.165, 1.54) is 0 Å². The van der Waals surface area contributed by atoms with Gasteiger partial charge in [0.25, 0.3) is 5.91 Å². The number of benzene rings is 1. The molecule has 7 heteroatoms. The van der Waals surface area contributed by atoms with E-state index < -0.39 is 0 Å². The lowest BCUT2D eigenvalue weighted by molar-refractivity contribution is 0.0719. The fourth-order valence-electron chi connectivity index (χ4n) is 3.61. The zero-order valence-electron chi connectivity index (χ0n) is 16.4. The lowest BCUT2D eigenvalue weighted by atomic mass is 9.89. The van der Waals surface area contributed by atoms with Gasteiger partial charge >= 0.3 is 0 Å². The van der Waals surface area contributed by atoms with E-state index in [0.717, 1.165) is 30.2 Å². The van der Waals surface area contributed by atoms with Crippen LogP contribution in [0.4, 0.5) is 0 Å². The van der Waals surface area contributed by atoms with Crippen LogP contribution in [-0.2, 0) is 6.61 Å². The molecule has 1 aliphatic heterocycles. The van der Waals surface area contributed by atoms with Crippen molar-refractivity contribution in [1.82, 2.24) is 15.0 Å². The number of amides is 1. The second-order valence-corrected chi connectivity index (χ2v) is 8.43. The summed E-state index contributed by atoms with van der Waals surface area (Å²) >= 11 is 1.62. The van der Waals surface area contributed by atoms with Crippen LogP contribution in [0.1, 0.15) is 29.6 Å². The van der Waals surface area contributed by atoms with E-state index >= 15 is 0 Å². The Kier molecular flexibility index (Phi) is 6.11. The number of hydrogen-bond acceptors (Lipinski definition) is 6. The van der Waals surface area contributed by atoms with Gasteiger partial charge in [-0.1, -0.05) is 24.2 Å². The quantitative estimate of drug-likeness (QED) is 0.677. The summed E-state index contributed by atoms with van der Waals surface area (Å²) in [6.07, 6.45) is 3.10. The topological polar surface area (TPSA) is 58.8 Å². The molecular weight excluding hydrogens is 362 g/mol. The summed E-state index contributed by atoms with van der Waals surface area (Å²) in [7, 11) is 3.94. The van der Waals surface area contributed by atoms with Crippen LogP contribution < -0.4 is 4.74 Å². The van der Waals surface area contributed by atoms with Gasteiger partial charge in [-0.3, -0.25) is 4.79 Å². The van der Waals surface area contributed by atoms with Gasteiger partial charge in [0.15, 0.2) is 11.5 Å². The molecule has 0 aliphatic carbocycles. The lowest BCUT2D eigenvalue weighted by Crippen LogP contribution is -2.38. The van der Waals surface area contributed by atoms with Gasteiger partial charge in [-0.05, 0) is 43.8 Å². The number of para-hydroxylation sites is 1. The molecular formula is C20H27N3O3S. The minimum atomic E-state index is -0.120. The summed E-state index contributed by atoms with van der Waals surface area (Å²) in [6.45, 7) is 5.24. The first-order valence-corrected chi connectivity index (χ1v) is 10.3. The Balaban J connectivity index is 1.58. The number of nitrogens with zero attached hydrogens (tertiary/aromatic N) is 3. The molecule has 2 aromatic rings. The Hall–Kier alpha value is -1.99. The van der Waals surface area contributed by atoms with Crippen molar-refractivity contribution in [3.63, 3.8) is 0 Å². The van der Waals surface area contributed by atoms with Crippen molar-refractivity contribution in [2.75, 3.05) is 40.0 Å². The van der Waals surface area contributed by atoms with Crippen molar-refractivity contribution in [3.8, 4) is 5.75 Å². The standard InChI is InChI=1S/C20H27N3O3S/c1-20(9-10-22(2)13-20)14-23(3)19(24)16-11-15(26-21-16)12-25-17-7-5-6-8-18(17)27-4/h5-8,11H,9-10,12-14H2,1-4H3/t20-/m0/s1. The molecule has 0 radical (unpaired) electrons. The zero-order valence-corrected chi connectivity index (χ0v) is 17.2. The Labute approximate surface area is 164 Å². The summed E-state index contributed by atoms with van der Waals surface area (Å²) in [5.74, 6) is 1.21. The minimum absolute atomic E-state index is 0.120. The number of carbonyl (C=O) groups is 1. The number of ether oxygens (including phenoxy) is 1. The van der Waals surface area contributed by atoms with E-state index in [-0.39, 0.29) is 17.9 Å². The SMILES string of the molecule is CSc1ccccc1OCc1cc(C(=O)N(C)C[C@@]2(C)CCN(C)C2)no1. The molecule has 3 rings (SSSR count). The van der Waals surface area contributed by atoms with Crippen LogP contribution in [-0.4, -0.2) is 60.8 Å². The Morgan fingerprint density at radius 3 is 2.93 bits per heavy atom.